The second-order valence-electron chi connectivity index (χ2n) is 7.08. The van der Waals surface area contributed by atoms with Crippen molar-refractivity contribution in [2.45, 2.75) is 41.9 Å². The van der Waals surface area contributed by atoms with Crippen molar-refractivity contribution in [1.82, 2.24) is 9.97 Å². The second-order valence-corrected chi connectivity index (χ2v) is 9.11. The van der Waals surface area contributed by atoms with Gasteiger partial charge in [0.25, 0.3) is 0 Å². The molecule has 1 atom stereocenters. The molecule has 0 bridgehead atoms. The molecule has 1 heterocycles. The zero-order valence-electron chi connectivity index (χ0n) is 15.5. The van der Waals surface area contributed by atoms with Crippen molar-refractivity contribution in [2.24, 2.45) is 0 Å². The van der Waals surface area contributed by atoms with E-state index in [-0.39, 0.29) is 16.6 Å². The van der Waals surface area contributed by atoms with Crippen molar-refractivity contribution < 1.29 is 12.8 Å². The Bertz CT molecular complexity index is 1180. The number of nitrogens with one attached hydrogen (secondary N) is 1. The van der Waals surface area contributed by atoms with E-state index in [2.05, 4.69) is 15.3 Å². The molecule has 0 unspecified atom stereocenters. The van der Waals surface area contributed by atoms with Gasteiger partial charge < -0.3 is 5.32 Å². The van der Waals surface area contributed by atoms with Gasteiger partial charge in [0.05, 0.1) is 22.0 Å². The maximum Gasteiger partial charge on any atom is 0.200 e. The number of sulfone groups is 1. The van der Waals surface area contributed by atoms with Crippen molar-refractivity contribution in [2.75, 3.05) is 5.32 Å². The summed E-state index contributed by atoms with van der Waals surface area (Å²) in [7, 11) is -4.12. The van der Waals surface area contributed by atoms with E-state index in [9.17, 15) is 18.1 Å². The van der Waals surface area contributed by atoms with Crippen LogP contribution in [0, 0.1) is 17.1 Å². The highest BCUT2D eigenvalue weighted by Crippen LogP contribution is 2.33. The Kier molecular flexibility index (Phi) is 5.16. The Morgan fingerprint density at radius 1 is 1.03 bits per heavy atom. The number of nitrogens with zero attached hydrogens (tertiary/aromatic N) is 3. The maximum absolute atomic E-state index is 13.3. The van der Waals surface area contributed by atoms with E-state index in [1.54, 1.807) is 18.2 Å². The van der Waals surface area contributed by atoms with Crippen LogP contribution >= 0.6 is 0 Å². The number of rotatable bonds is 5. The highest BCUT2D eigenvalue weighted by molar-refractivity contribution is 7.92. The molecule has 8 heteroatoms. The topological polar surface area (TPSA) is 95.7 Å². The van der Waals surface area contributed by atoms with Crippen LogP contribution in [0.5, 0.6) is 0 Å². The van der Waals surface area contributed by atoms with Gasteiger partial charge in [0.2, 0.25) is 9.84 Å². The van der Waals surface area contributed by atoms with Crippen molar-refractivity contribution in [3.8, 4) is 6.07 Å². The lowest BCUT2D eigenvalue weighted by Crippen LogP contribution is -2.21. The third-order valence-electron chi connectivity index (χ3n) is 5.11. The molecule has 0 amide bonds. The van der Waals surface area contributed by atoms with Crippen LogP contribution in [-0.4, -0.2) is 24.4 Å². The van der Waals surface area contributed by atoms with Crippen molar-refractivity contribution in [1.29, 1.82) is 5.26 Å². The minimum Gasteiger partial charge on any atom is -0.366 e. The van der Waals surface area contributed by atoms with E-state index in [0.717, 1.165) is 49.9 Å². The van der Waals surface area contributed by atoms with Crippen LogP contribution in [-0.2, 0) is 9.84 Å². The summed E-state index contributed by atoms with van der Waals surface area (Å²) in [4.78, 5) is 8.94. The number of hydrogen-bond acceptors (Lipinski definition) is 6. The highest BCUT2D eigenvalue weighted by Gasteiger charge is 2.34. The van der Waals surface area contributed by atoms with Gasteiger partial charge in [0, 0.05) is 6.04 Å². The molecule has 0 saturated heterocycles. The molecule has 4 rings (SSSR count). The van der Waals surface area contributed by atoms with E-state index >= 15 is 0 Å². The average Bonchev–Trinajstić information content (AvgIpc) is 3.22. The van der Waals surface area contributed by atoms with Crippen LogP contribution in [0.1, 0.15) is 36.6 Å². The average molecular weight is 410 g/mol. The van der Waals surface area contributed by atoms with Gasteiger partial charge in [0.1, 0.15) is 11.5 Å². The maximum atomic E-state index is 13.3. The number of fused-ring (bicyclic) bond motifs is 1. The molecule has 6 nitrogen and oxygen atoms in total. The lowest BCUT2D eigenvalue weighted by Gasteiger charge is -2.19. The van der Waals surface area contributed by atoms with Crippen molar-refractivity contribution in [3.05, 3.63) is 60.0 Å². The Balaban J connectivity index is 1.84. The lowest BCUT2D eigenvalue weighted by molar-refractivity contribution is 0.589. The first kappa shape index (κ1) is 19.3. The molecule has 3 aromatic rings. The third-order valence-corrected chi connectivity index (χ3v) is 6.99. The number of hydrogen-bond donors (Lipinski definition) is 1. The SMILES string of the molecule is N#C[C@H](c1nc2ccccc2nc1NC1CCCC1)S(=O)(=O)c1ccc(F)cc1. The van der Waals surface area contributed by atoms with Gasteiger partial charge in [-0.1, -0.05) is 25.0 Å². The number of aromatic nitrogens is 2. The first-order valence-corrected chi connectivity index (χ1v) is 11.0. The molecule has 1 fully saturated rings. The van der Waals surface area contributed by atoms with Gasteiger partial charge in [-0.05, 0) is 49.2 Å². The van der Waals surface area contributed by atoms with E-state index in [4.69, 9.17) is 0 Å². The van der Waals surface area contributed by atoms with Crippen LogP contribution in [0.25, 0.3) is 11.0 Å². The smallest absolute Gasteiger partial charge is 0.200 e. The van der Waals surface area contributed by atoms with Gasteiger partial charge in [-0.25, -0.2) is 22.8 Å². The molecule has 1 aromatic heterocycles. The Morgan fingerprint density at radius 2 is 1.66 bits per heavy atom. The zero-order chi connectivity index (χ0) is 20.4. The van der Waals surface area contributed by atoms with Crippen LogP contribution < -0.4 is 5.32 Å². The van der Waals surface area contributed by atoms with Crippen LogP contribution in [0.2, 0.25) is 0 Å². The quantitative estimate of drug-likeness (QED) is 0.635. The first-order chi connectivity index (χ1) is 14.0. The van der Waals surface area contributed by atoms with Gasteiger partial charge in [-0.3, -0.25) is 0 Å². The van der Waals surface area contributed by atoms with Gasteiger partial charge in [-0.15, -0.1) is 0 Å². The number of anilines is 1. The fourth-order valence-corrected chi connectivity index (χ4v) is 4.99. The number of benzene rings is 2. The summed E-state index contributed by atoms with van der Waals surface area (Å²) in [5.41, 5.74) is 1.20. The summed E-state index contributed by atoms with van der Waals surface area (Å²) in [6.45, 7) is 0. The predicted octanol–water partition coefficient (Wildman–Crippen LogP) is 4.16. The molecule has 148 valence electrons. The summed E-state index contributed by atoms with van der Waals surface area (Å²) in [5.74, 6) is -0.237. The molecule has 1 aliphatic carbocycles. The molecule has 29 heavy (non-hydrogen) atoms. The Morgan fingerprint density at radius 3 is 2.28 bits per heavy atom. The largest absolute Gasteiger partial charge is 0.366 e. The molecule has 1 N–H and O–H groups in total. The third kappa shape index (κ3) is 3.78. The predicted molar refractivity (Wildman–Crippen MR) is 107 cm³/mol. The number of nitriles is 1. The van der Waals surface area contributed by atoms with Crippen LogP contribution in [0.3, 0.4) is 0 Å². The molecule has 0 spiro atoms. The fourth-order valence-electron chi connectivity index (χ4n) is 3.60. The summed E-state index contributed by atoms with van der Waals surface area (Å²) < 4.78 is 39.6. The molecule has 0 radical (unpaired) electrons. The van der Waals surface area contributed by atoms with Crippen LogP contribution in [0.4, 0.5) is 10.2 Å². The van der Waals surface area contributed by atoms with E-state index < -0.39 is 20.9 Å². The molecule has 2 aromatic carbocycles. The minimum absolute atomic E-state index is 0.0717. The lowest BCUT2D eigenvalue weighted by atomic mass is 10.2. The Labute approximate surface area is 168 Å². The van der Waals surface area contributed by atoms with Crippen molar-refractivity contribution in [3.63, 3.8) is 0 Å². The van der Waals surface area contributed by atoms with E-state index in [1.165, 1.54) is 0 Å². The molecule has 1 aliphatic rings. The van der Waals surface area contributed by atoms with E-state index in [0.29, 0.717) is 16.9 Å². The normalized spacial score (nSPS) is 15.9. The summed E-state index contributed by atoms with van der Waals surface area (Å²) >= 11 is 0. The zero-order valence-corrected chi connectivity index (χ0v) is 16.4. The minimum atomic E-state index is -4.12. The van der Waals surface area contributed by atoms with Crippen molar-refractivity contribution >= 4 is 26.7 Å². The molecular weight excluding hydrogens is 391 g/mol. The monoisotopic (exact) mass is 410 g/mol. The number of halogens is 1. The highest BCUT2D eigenvalue weighted by atomic mass is 32.2. The fraction of sp³-hybridized carbons (Fsp3) is 0.286. The molecule has 0 aliphatic heterocycles. The standard InChI is InChI=1S/C21H19FN4O2S/c22-14-9-11-16(12-10-14)29(27,28)19(13-23)20-21(24-15-5-1-2-6-15)26-18-8-4-3-7-17(18)25-20/h3-4,7-12,15,19H,1-2,5-6H2,(H,24,26)/t19-/m1/s1. The second kappa shape index (κ2) is 7.76. The summed E-state index contributed by atoms with van der Waals surface area (Å²) in [5, 5.41) is 11.5. The Hall–Kier alpha value is -3.05. The first-order valence-electron chi connectivity index (χ1n) is 9.41. The molecule has 1 saturated carbocycles. The number of para-hydroxylation sites is 2. The van der Waals surface area contributed by atoms with E-state index in [1.807, 2.05) is 12.1 Å². The van der Waals surface area contributed by atoms with Crippen LogP contribution in [0.15, 0.2) is 53.4 Å². The van der Waals surface area contributed by atoms with Gasteiger partial charge in [-0.2, -0.15) is 5.26 Å². The molecular formula is C21H19FN4O2S. The van der Waals surface area contributed by atoms with Gasteiger partial charge >= 0.3 is 0 Å². The summed E-state index contributed by atoms with van der Waals surface area (Å²) in [6, 6.07) is 13.6. The van der Waals surface area contributed by atoms with Gasteiger partial charge in [0.15, 0.2) is 11.1 Å². The summed E-state index contributed by atoms with van der Waals surface area (Å²) in [6.07, 6.45) is 4.08.